The van der Waals surface area contributed by atoms with Crippen LogP contribution in [0.25, 0.3) is 0 Å². The number of rotatable bonds is 2. The Morgan fingerprint density at radius 1 is 1.50 bits per heavy atom. The Labute approximate surface area is 71.4 Å². The predicted octanol–water partition coefficient (Wildman–Crippen LogP) is 1.23. The monoisotopic (exact) mass is 168 g/mol. The van der Waals surface area contributed by atoms with Gasteiger partial charge in [0.15, 0.2) is 5.78 Å². The first-order valence-corrected chi connectivity index (χ1v) is 4.04. The second-order valence-corrected chi connectivity index (χ2v) is 2.75. The maximum absolute atomic E-state index is 11.2. The molecule has 0 amide bonds. The SMILES string of the molecule is CCC1=C(C(=O)OC)C(=O)CC1. The van der Waals surface area contributed by atoms with Crippen molar-refractivity contribution in [2.24, 2.45) is 0 Å². The first-order valence-electron chi connectivity index (χ1n) is 4.04. The van der Waals surface area contributed by atoms with Crippen LogP contribution in [0.3, 0.4) is 0 Å². The number of ether oxygens (including phenoxy) is 1. The molecular weight excluding hydrogens is 156 g/mol. The lowest BCUT2D eigenvalue weighted by Gasteiger charge is -2.00. The first kappa shape index (κ1) is 8.97. The van der Waals surface area contributed by atoms with E-state index in [1.807, 2.05) is 6.92 Å². The second-order valence-electron chi connectivity index (χ2n) is 2.75. The minimum absolute atomic E-state index is 0.0706. The Morgan fingerprint density at radius 3 is 2.67 bits per heavy atom. The quantitative estimate of drug-likeness (QED) is 0.460. The molecule has 3 heteroatoms. The molecule has 1 rings (SSSR count). The molecule has 0 spiro atoms. The van der Waals surface area contributed by atoms with Crippen molar-refractivity contribution in [1.29, 1.82) is 0 Å². The van der Waals surface area contributed by atoms with Crippen molar-refractivity contribution in [3.63, 3.8) is 0 Å². The molecule has 0 fully saturated rings. The van der Waals surface area contributed by atoms with Gasteiger partial charge in [-0.3, -0.25) is 4.79 Å². The fourth-order valence-corrected chi connectivity index (χ4v) is 1.43. The second kappa shape index (κ2) is 3.52. The summed E-state index contributed by atoms with van der Waals surface area (Å²) in [6, 6.07) is 0. The first-order chi connectivity index (χ1) is 5.70. The number of esters is 1. The predicted molar refractivity (Wildman–Crippen MR) is 43.6 cm³/mol. The fourth-order valence-electron chi connectivity index (χ4n) is 1.43. The summed E-state index contributed by atoms with van der Waals surface area (Å²) < 4.78 is 4.52. The molecular formula is C9H12O3. The fraction of sp³-hybridized carbons (Fsp3) is 0.556. The summed E-state index contributed by atoms with van der Waals surface area (Å²) in [5, 5.41) is 0. The van der Waals surface area contributed by atoms with E-state index in [1.54, 1.807) is 0 Å². The van der Waals surface area contributed by atoms with Crippen molar-refractivity contribution in [1.82, 2.24) is 0 Å². The highest BCUT2D eigenvalue weighted by Gasteiger charge is 2.27. The van der Waals surface area contributed by atoms with Gasteiger partial charge in [0, 0.05) is 6.42 Å². The van der Waals surface area contributed by atoms with Crippen molar-refractivity contribution in [3.05, 3.63) is 11.1 Å². The third kappa shape index (κ3) is 1.40. The standard InChI is InChI=1S/C9H12O3/c1-3-6-4-5-7(10)8(6)9(11)12-2/h3-5H2,1-2H3. The Morgan fingerprint density at radius 2 is 2.17 bits per heavy atom. The molecule has 0 saturated heterocycles. The van der Waals surface area contributed by atoms with Gasteiger partial charge in [0.25, 0.3) is 0 Å². The van der Waals surface area contributed by atoms with Gasteiger partial charge >= 0.3 is 5.97 Å². The Hall–Kier alpha value is -1.12. The zero-order valence-electron chi connectivity index (χ0n) is 7.35. The molecule has 0 aromatic heterocycles. The van der Waals surface area contributed by atoms with Crippen molar-refractivity contribution in [2.45, 2.75) is 26.2 Å². The van der Waals surface area contributed by atoms with Crippen molar-refractivity contribution >= 4 is 11.8 Å². The van der Waals surface area contributed by atoms with Crippen LogP contribution in [0.2, 0.25) is 0 Å². The smallest absolute Gasteiger partial charge is 0.341 e. The van der Waals surface area contributed by atoms with Crippen LogP contribution < -0.4 is 0 Å². The highest BCUT2D eigenvalue weighted by molar-refractivity contribution is 6.19. The van der Waals surface area contributed by atoms with Gasteiger partial charge in [-0.15, -0.1) is 0 Å². The normalized spacial score (nSPS) is 17.0. The molecule has 66 valence electrons. The van der Waals surface area contributed by atoms with E-state index in [1.165, 1.54) is 7.11 Å². The zero-order chi connectivity index (χ0) is 9.14. The number of carbonyl (C=O) groups excluding carboxylic acids is 2. The van der Waals surface area contributed by atoms with Crippen LogP contribution in [0.15, 0.2) is 11.1 Å². The third-order valence-electron chi connectivity index (χ3n) is 2.10. The highest BCUT2D eigenvalue weighted by Crippen LogP contribution is 2.25. The van der Waals surface area contributed by atoms with Gasteiger partial charge in [0.05, 0.1) is 7.11 Å². The van der Waals surface area contributed by atoms with E-state index in [9.17, 15) is 9.59 Å². The van der Waals surface area contributed by atoms with Crippen LogP contribution in [-0.2, 0) is 14.3 Å². The maximum atomic E-state index is 11.2. The number of allylic oxidation sites excluding steroid dienone is 1. The van der Waals surface area contributed by atoms with Crippen LogP contribution in [0.5, 0.6) is 0 Å². The molecule has 0 aliphatic heterocycles. The zero-order valence-corrected chi connectivity index (χ0v) is 7.35. The summed E-state index contributed by atoms with van der Waals surface area (Å²) in [6.07, 6.45) is 1.95. The van der Waals surface area contributed by atoms with Crippen LogP contribution >= 0.6 is 0 Å². The average Bonchev–Trinajstić information content (AvgIpc) is 2.45. The Kier molecular flexibility index (Phi) is 2.63. The number of Topliss-reactive ketones (excluding diaryl/α,β-unsaturated/α-hetero) is 1. The maximum Gasteiger partial charge on any atom is 0.341 e. The summed E-state index contributed by atoms with van der Waals surface area (Å²) in [6.45, 7) is 1.94. The minimum atomic E-state index is -0.477. The summed E-state index contributed by atoms with van der Waals surface area (Å²) >= 11 is 0. The average molecular weight is 168 g/mol. The summed E-state index contributed by atoms with van der Waals surface area (Å²) in [7, 11) is 1.30. The van der Waals surface area contributed by atoms with Crippen molar-refractivity contribution < 1.29 is 14.3 Å². The molecule has 0 bridgehead atoms. The molecule has 12 heavy (non-hydrogen) atoms. The molecule has 3 nitrogen and oxygen atoms in total. The number of methoxy groups -OCH3 is 1. The van der Waals surface area contributed by atoms with E-state index in [0.717, 1.165) is 18.4 Å². The molecule has 0 unspecified atom stereocenters. The van der Waals surface area contributed by atoms with E-state index in [0.29, 0.717) is 12.0 Å². The number of ketones is 1. The molecule has 0 atom stereocenters. The number of hydrogen-bond acceptors (Lipinski definition) is 3. The van der Waals surface area contributed by atoms with Gasteiger partial charge in [-0.1, -0.05) is 12.5 Å². The molecule has 0 aromatic carbocycles. The van der Waals surface area contributed by atoms with Gasteiger partial charge in [-0.05, 0) is 12.8 Å². The van der Waals surface area contributed by atoms with E-state index in [-0.39, 0.29) is 5.78 Å². The Bertz CT molecular complexity index is 250. The Balaban J connectivity index is 2.95. The minimum Gasteiger partial charge on any atom is -0.465 e. The summed E-state index contributed by atoms with van der Waals surface area (Å²) in [5.74, 6) is -0.548. The van der Waals surface area contributed by atoms with Gasteiger partial charge in [-0.2, -0.15) is 0 Å². The van der Waals surface area contributed by atoms with Crippen molar-refractivity contribution in [2.75, 3.05) is 7.11 Å². The number of hydrogen-bond donors (Lipinski definition) is 0. The molecule has 0 saturated carbocycles. The molecule has 0 N–H and O–H groups in total. The van der Waals surface area contributed by atoms with Gasteiger partial charge in [0.2, 0.25) is 0 Å². The molecule has 1 aliphatic carbocycles. The van der Waals surface area contributed by atoms with E-state index in [2.05, 4.69) is 4.74 Å². The lowest BCUT2D eigenvalue weighted by Crippen LogP contribution is -2.11. The van der Waals surface area contributed by atoms with E-state index in [4.69, 9.17) is 0 Å². The molecule has 0 radical (unpaired) electrons. The topological polar surface area (TPSA) is 43.4 Å². The van der Waals surface area contributed by atoms with Gasteiger partial charge < -0.3 is 4.74 Å². The number of carbonyl (C=O) groups is 2. The van der Waals surface area contributed by atoms with Crippen LogP contribution in [0, 0.1) is 0 Å². The lowest BCUT2D eigenvalue weighted by molar-refractivity contribution is -0.137. The van der Waals surface area contributed by atoms with Gasteiger partial charge in [-0.25, -0.2) is 4.79 Å². The summed E-state index contributed by atoms with van der Waals surface area (Å²) in [4.78, 5) is 22.3. The third-order valence-corrected chi connectivity index (χ3v) is 2.10. The highest BCUT2D eigenvalue weighted by atomic mass is 16.5. The lowest BCUT2D eigenvalue weighted by atomic mass is 10.1. The van der Waals surface area contributed by atoms with Gasteiger partial charge in [0.1, 0.15) is 5.57 Å². The summed E-state index contributed by atoms with van der Waals surface area (Å²) in [5.41, 5.74) is 1.23. The molecule has 0 aromatic rings. The van der Waals surface area contributed by atoms with E-state index >= 15 is 0 Å². The largest absolute Gasteiger partial charge is 0.465 e. The van der Waals surface area contributed by atoms with Crippen LogP contribution in [-0.4, -0.2) is 18.9 Å². The van der Waals surface area contributed by atoms with E-state index < -0.39 is 5.97 Å². The van der Waals surface area contributed by atoms with Crippen molar-refractivity contribution in [3.8, 4) is 0 Å². The molecule has 0 heterocycles. The molecule has 1 aliphatic rings. The van der Waals surface area contributed by atoms with Crippen LogP contribution in [0.4, 0.5) is 0 Å². The van der Waals surface area contributed by atoms with Crippen LogP contribution in [0.1, 0.15) is 26.2 Å².